The van der Waals surface area contributed by atoms with Crippen molar-refractivity contribution < 1.29 is 10.0 Å². The van der Waals surface area contributed by atoms with Crippen molar-refractivity contribution in [3.63, 3.8) is 0 Å². The second-order valence-corrected chi connectivity index (χ2v) is 5.98. The molecule has 2 atom stereocenters. The molecule has 19 heavy (non-hydrogen) atoms. The van der Waals surface area contributed by atoms with Gasteiger partial charge in [0.2, 0.25) is 5.91 Å². The van der Waals surface area contributed by atoms with Crippen LogP contribution >= 0.6 is 0 Å². The third-order valence-corrected chi connectivity index (χ3v) is 5.05. The lowest BCUT2D eigenvalue weighted by Crippen LogP contribution is -2.48. The van der Waals surface area contributed by atoms with Crippen molar-refractivity contribution in [3.8, 4) is 0 Å². The molecule has 0 heterocycles. The summed E-state index contributed by atoms with van der Waals surface area (Å²) in [5, 5.41) is 15.1. The van der Waals surface area contributed by atoms with Gasteiger partial charge in [-0.15, -0.1) is 0 Å². The monoisotopic (exact) mass is 267 g/mol. The summed E-state index contributed by atoms with van der Waals surface area (Å²) in [7, 11) is 0. The molecule has 2 aliphatic rings. The number of hydrogen-bond donors (Lipinski definition) is 3. The summed E-state index contributed by atoms with van der Waals surface area (Å²) < 4.78 is 0. The first-order chi connectivity index (χ1) is 9.13. The minimum Gasteiger partial charge on any atom is -0.409 e. The predicted molar refractivity (Wildman–Crippen MR) is 73.9 cm³/mol. The number of amidine groups is 1. The molecule has 0 bridgehead atoms. The summed E-state index contributed by atoms with van der Waals surface area (Å²) in [6.45, 7) is 2.10. The van der Waals surface area contributed by atoms with Gasteiger partial charge < -0.3 is 16.3 Å². The van der Waals surface area contributed by atoms with Crippen LogP contribution in [0.25, 0.3) is 0 Å². The van der Waals surface area contributed by atoms with Gasteiger partial charge in [0.05, 0.1) is 0 Å². The van der Waals surface area contributed by atoms with Crippen LogP contribution in [-0.2, 0) is 4.79 Å². The van der Waals surface area contributed by atoms with Gasteiger partial charge in [-0.1, -0.05) is 31.3 Å². The van der Waals surface area contributed by atoms with Gasteiger partial charge in [-0.05, 0) is 32.1 Å². The molecule has 0 radical (unpaired) electrons. The Hall–Kier alpha value is -1.26. The summed E-state index contributed by atoms with van der Waals surface area (Å²) in [6.07, 6.45) is 8.02. The van der Waals surface area contributed by atoms with Gasteiger partial charge >= 0.3 is 0 Å². The number of carbonyl (C=O) groups excluding carboxylic acids is 1. The fourth-order valence-electron chi connectivity index (χ4n) is 3.68. The van der Waals surface area contributed by atoms with Crippen LogP contribution in [0.2, 0.25) is 0 Å². The molecule has 0 aliphatic heterocycles. The highest BCUT2D eigenvalue weighted by molar-refractivity contribution is 5.86. The van der Waals surface area contributed by atoms with Gasteiger partial charge in [-0.3, -0.25) is 4.79 Å². The van der Waals surface area contributed by atoms with Gasteiger partial charge in [0.25, 0.3) is 0 Å². The quantitative estimate of drug-likeness (QED) is 0.315. The van der Waals surface area contributed by atoms with Crippen molar-refractivity contribution in [3.05, 3.63) is 0 Å². The third kappa shape index (κ3) is 2.69. The van der Waals surface area contributed by atoms with Crippen molar-refractivity contribution in [1.29, 1.82) is 0 Å². The van der Waals surface area contributed by atoms with E-state index in [4.69, 9.17) is 10.9 Å². The zero-order valence-electron chi connectivity index (χ0n) is 11.7. The average molecular weight is 267 g/mol. The number of nitrogens with zero attached hydrogens (tertiary/aromatic N) is 1. The molecule has 2 saturated carbocycles. The van der Waals surface area contributed by atoms with Gasteiger partial charge in [0, 0.05) is 17.4 Å². The number of carbonyl (C=O) groups is 1. The molecule has 5 nitrogen and oxygen atoms in total. The van der Waals surface area contributed by atoms with Crippen molar-refractivity contribution in [2.24, 2.45) is 22.2 Å². The van der Waals surface area contributed by atoms with Crippen molar-refractivity contribution >= 4 is 11.7 Å². The van der Waals surface area contributed by atoms with E-state index in [9.17, 15) is 4.79 Å². The van der Waals surface area contributed by atoms with Gasteiger partial charge in [-0.25, -0.2) is 0 Å². The summed E-state index contributed by atoms with van der Waals surface area (Å²) in [5.74, 6) is 0.416. The van der Waals surface area contributed by atoms with E-state index in [1.54, 1.807) is 0 Å². The molecule has 5 heteroatoms. The van der Waals surface area contributed by atoms with Gasteiger partial charge in [-0.2, -0.15) is 0 Å². The molecular weight excluding hydrogens is 242 g/mol. The topological polar surface area (TPSA) is 87.7 Å². The zero-order chi connectivity index (χ0) is 13.9. The Bertz CT molecular complexity index is 362. The molecule has 0 aromatic heterocycles. The molecule has 2 unspecified atom stereocenters. The van der Waals surface area contributed by atoms with Gasteiger partial charge in [0.1, 0.15) is 5.84 Å². The highest BCUT2D eigenvalue weighted by Crippen LogP contribution is 2.41. The van der Waals surface area contributed by atoms with E-state index in [1.807, 2.05) is 0 Å². The maximum Gasteiger partial charge on any atom is 0.226 e. The Balaban J connectivity index is 2.02. The lowest BCUT2D eigenvalue weighted by molar-refractivity contribution is -0.131. The minimum atomic E-state index is -0.168. The second-order valence-electron chi connectivity index (χ2n) is 5.98. The van der Waals surface area contributed by atoms with Crippen LogP contribution in [-0.4, -0.2) is 23.0 Å². The largest absolute Gasteiger partial charge is 0.409 e. The Labute approximate surface area is 114 Å². The van der Waals surface area contributed by atoms with E-state index >= 15 is 0 Å². The zero-order valence-corrected chi connectivity index (χ0v) is 11.7. The van der Waals surface area contributed by atoms with Crippen LogP contribution < -0.4 is 11.1 Å². The Morgan fingerprint density at radius 1 is 1.37 bits per heavy atom. The van der Waals surface area contributed by atoms with Gasteiger partial charge in [0.15, 0.2) is 0 Å². The predicted octanol–water partition coefficient (Wildman–Crippen LogP) is 1.99. The van der Waals surface area contributed by atoms with E-state index in [0.29, 0.717) is 0 Å². The molecule has 1 amide bonds. The number of amides is 1. The van der Waals surface area contributed by atoms with Crippen LogP contribution in [0, 0.1) is 11.3 Å². The fourth-order valence-corrected chi connectivity index (χ4v) is 3.68. The molecule has 0 aromatic rings. The second kappa shape index (κ2) is 5.80. The highest BCUT2D eigenvalue weighted by Gasteiger charge is 2.41. The van der Waals surface area contributed by atoms with Crippen LogP contribution in [0.15, 0.2) is 5.16 Å². The van der Waals surface area contributed by atoms with E-state index in [-0.39, 0.29) is 29.1 Å². The normalized spacial score (nSPS) is 30.5. The molecule has 0 saturated heterocycles. The molecule has 108 valence electrons. The first kappa shape index (κ1) is 14.2. The molecule has 2 fully saturated rings. The maximum absolute atomic E-state index is 12.6. The standard InChI is InChI=1S/C14H25N3O2/c1-2-14(8-3-4-9-14)13(18)16-11-7-5-6-10(11)12(15)17-19/h10-11,19H,2-9H2,1H3,(H2,15,17)(H,16,18). The summed E-state index contributed by atoms with van der Waals surface area (Å²) in [5.41, 5.74) is 5.54. The number of oxime groups is 1. The first-order valence-electron chi connectivity index (χ1n) is 7.41. The first-order valence-corrected chi connectivity index (χ1v) is 7.41. The summed E-state index contributed by atoms with van der Waals surface area (Å²) >= 11 is 0. The number of rotatable bonds is 4. The lowest BCUT2D eigenvalue weighted by Gasteiger charge is -2.29. The number of nitrogens with two attached hydrogens (primary N) is 1. The summed E-state index contributed by atoms with van der Waals surface area (Å²) in [6, 6.07) is 0.0347. The van der Waals surface area contributed by atoms with Crippen molar-refractivity contribution in [1.82, 2.24) is 5.32 Å². The molecule has 0 aromatic carbocycles. The number of nitrogens with one attached hydrogen (secondary N) is 1. The van der Waals surface area contributed by atoms with Crippen LogP contribution in [0.1, 0.15) is 58.3 Å². The molecule has 4 N–H and O–H groups in total. The van der Waals surface area contributed by atoms with Crippen molar-refractivity contribution in [2.75, 3.05) is 0 Å². The number of hydrogen-bond acceptors (Lipinski definition) is 3. The fraction of sp³-hybridized carbons (Fsp3) is 0.857. The SMILES string of the molecule is CCC1(C(=O)NC2CCCC2C(N)=NO)CCCC1. The minimum absolute atomic E-state index is 0.00995. The average Bonchev–Trinajstić information content (AvgIpc) is 3.07. The smallest absolute Gasteiger partial charge is 0.226 e. The lowest BCUT2D eigenvalue weighted by atomic mass is 9.82. The highest BCUT2D eigenvalue weighted by atomic mass is 16.4. The summed E-state index contributed by atoms with van der Waals surface area (Å²) in [4.78, 5) is 12.6. The van der Waals surface area contributed by atoms with Crippen molar-refractivity contribution in [2.45, 2.75) is 64.3 Å². The molecule has 2 aliphatic carbocycles. The molecule has 2 rings (SSSR count). The van der Waals surface area contributed by atoms with E-state index < -0.39 is 0 Å². The van der Waals surface area contributed by atoms with E-state index in [0.717, 1.165) is 51.4 Å². The van der Waals surface area contributed by atoms with Crippen LogP contribution in [0.5, 0.6) is 0 Å². The third-order valence-electron chi connectivity index (χ3n) is 5.05. The molecule has 0 spiro atoms. The van der Waals surface area contributed by atoms with Crippen LogP contribution in [0.3, 0.4) is 0 Å². The Morgan fingerprint density at radius 3 is 2.63 bits per heavy atom. The molecular formula is C14H25N3O2. The maximum atomic E-state index is 12.6. The Kier molecular flexibility index (Phi) is 4.32. The Morgan fingerprint density at radius 2 is 2.05 bits per heavy atom. The van der Waals surface area contributed by atoms with E-state index in [2.05, 4.69) is 17.4 Å². The van der Waals surface area contributed by atoms with Crippen LogP contribution in [0.4, 0.5) is 0 Å². The van der Waals surface area contributed by atoms with E-state index in [1.165, 1.54) is 0 Å².